The maximum Gasteiger partial charge on any atom is 0.223 e. The van der Waals surface area contributed by atoms with E-state index in [1.807, 2.05) is 62.4 Å². The fraction of sp³-hybridized carbons (Fsp3) is 0.333. The van der Waals surface area contributed by atoms with Crippen molar-refractivity contribution < 1.29 is 14.3 Å². The third kappa shape index (κ3) is 5.62. The molecule has 0 aliphatic carbocycles. The van der Waals surface area contributed by atoms with Gasteiger partial charge in [-0.2, -0.15) is 0 Å². The van der Waals surface area contributed by atoms with Crippen molar-refractivity contribution in [2.24, 2.45) is 0 Å². The zero-order valence-corrected chi connectivity index (χ0v) is 15.6. The molecule has 0 atom stereocenters. The average Bonchev–Trinajstić information content (AvgIpc) is 2.61. The van der Waals surface area contributed by atoms with Crippen molar-refractivity contribution in [1.29, 1.82) is 0 Å². The van der Waals surface area contributed by atoms with Gasteiger partial charge >= 0.3 is 0 Å². The smallest absolute Gasteiger partial charge is 0.223 e. The van der Waals surface area contributed by atoms with Crippen LogP contribution in [0.3, 0.4) is 0 Å². The van der Waals surface area contributed by atoms with Crippen molar-refractivity contribution in [3.63, 3.8) is 0 Å². The fourth-order valence-electron chi connectivity index (χ4n) is 2.73. The number of amides is 2. The second-order valence-electron chi connectivity index (χ2n) is 6.09. The number of aryl methyl sites for hydroxylation is 1. The van der Waals surface area contributed by atoms with Crippen molar-refractivity contribution >= 4 is 17.5 Å². The van der Waals surface area contributed by atoms with Gasteiger partial charge in [0.15, 0.2) is 0 Å². The summed E-state index contributed by atoms with van der Waals surface area (Å²) in [4.78, 5) is 25.8. The number of carbonyl (C=O) groups is 2. The van der Waals surface area contributed by atoms with Gasteiger partial charge in [-0.05, 0) is 31.5 Å². The van der Waals surface area contributed by atoms with E-state index >= 15 is 0 Å². The molecule has 0 bridgehead atoms. The van der Waals surface area contributed by atoms with Crippen LogP contribution in [0, 0.1) is 6.92 Å². The minimum Gasteiger partial charge on any atom is -0.492 e. The lowest BCUT2D eigenvalue weighted by molar-refractivity contribution is -0.121. The van der Waals surface area contributed by atoms with Gasteiger partial charge in [0.1, 0.15) is 5.75 Å². The van der Waals surface area contributed by atoms with Crippen LogP contribution in [0.4, 0.5) is 5.69 Å². The molecule has 0 heterocycles. The van der Waals surface area contributed by atoms with Crippen LogP contribution in [0.15, 0.2) is 48.5 Å². The Kier molecular flexibility index (Phi) is 7.21. The molecule has 1 N–H and O–H groups in total. The van der Waals surface area contributed by atoms with Gasteiger partial charge < -0.3 is 15.0 Å². The first-order valence-corrected chi connectivity index (χ1v) is 8.83. The van der Waals surface area contributed by atoms with Gasteiger partial charge in [0, 0.05) is 26.4 Å². The molecule has 2 amide bonds. The molecule has 0 spiro atoms. The molecule has 0 aliphatic heterocycles. The monoisotopic (exact) mass is 354 g/mol. The molecule has 0 saturated carbocycles. The fourth-order valence-corrected chi connectivity index (χ4v) is 2.73. The van der Waals surface area contributed by atoms with Gasteiger partial charge in [-0.1, -0.05) is 42.0 Å². The van der Waals surface area contributed by atoms with E-state index in [1.54, 1.807) is 4.90 Å². The Bertz CT molecular complexity index is 758. The van der Waals surface area contributed by atoms with E-state index in [0.717, 1.165) is 11.1 Å². The summed E-state index contributed by atoms with van der Waals surface area (Å²) in [6, 6.07) is 15.4. The Morgan fingerprint density at radius 3 is 2.58 bits per heavy atom. The summed E-state index contributed by atoms with van der Waals surface area (Å²) in [6.45, 7) is 6.71. The zero-order valence-electron chi connectivity index (χ0n) is 15.6. The van der Waals surface area contributed by atoms with Gasteiger partial charge in [0.25, 0.3) is 0 Å². The highest BCUT2D eigenvalue weighted by Crippen LogP contribution is 2.28. The first kappa shape index (κ1) is 19.5. The molecular formula is C21H26N2O3. The summed E-state index contributed by atoms with van der Waals surface area (Å²) >= 11 is 0. The van der Waals surface area contributed by atoms with E-state index in [0.29, 0.717) is 31.1 Å². The molecule has 0 radical (unpaired) electrons. The quantitative estimate of drug-likeness (QED) is 0.790. The molecule has 2 aromatic rings. The predicted molar refractivity (Wildman–Crippen MR) is 103 cm³/mol. The number of hydrogen-bond acceptors (Lipinski definition) is 3. The summed E-state index contributed by atoms with van der Waals surface area (Å²) in [5, 5.41) is 2.90. The lowest BCUT2D eigenvalue weighted by atomic mass is 10.1. The third-order valence-electron chi connectivity index (χ3n) is 3.97. The van der Waals surface area contributed by atoms with Crippen molar-refractivity contribution in [1.82, 2.24) is 5.32 Å². The molecule has 0 aromatic heterocycles. The highest BCUT2D eigenvalue weighted by atomic mass is 16.5. The van der Waals surface area contributed by atoms with Crippen molar-refractivity contribution in [2.45, 2.75) is 33.7 Å². The Morgan fingerprint density at radius 2 is 1.88 bits per heavy atom. The maximum atomic E-state index is 12.2. The van der Waals surface area contributed by atoms with E-state index in [4.69, 9.17) is 4.74 Å². The summed E-state index contributed by atoms with van der Waals surface area (Å²) < 4.78 is 5.60. The molecule has 0 unspecified atom stereocenters. The van der Waals surface area contributed by atoms with Crippen LogP contribution in [0.2, 0.25) is 0 Å². The van der Waals surface area contributed by atoms with E-state index in [2.05, 4.69) is 5.32 Å². The second-order valence-corrected chi connectivity index (χ2v) is 6.09. The molecular weight excluding hydrogens is 328 g/mol. The largest absolute Gasteiger partial charge is 0.492 e. The molecule has 2 rings (SSSR count). The molecule has 5 nitrogen and oxygen atoms in total. The topological polar surface area (TPSA) is 58.6 Å². The molecule has 138 valence electrons. The van der Waals surface area contributed by atoms with E-state index in [9.17, 15) is 9.59 Å². The van der Waals surface area contributed by atoms with Crippen molar-refractivity contribution in [2.75, 3.05) is 18.1 Å². The van der Waals surface area contributed by atoms with Crippen LogP contribution in [-0.4, -0.2) is 25.0 Å². The highest BCUT2D eigenvalue weighted by molar-refractivity contribution is 5.93. The van der Waals surface area contributed by atoms with Crippen LogP contribution in [-0.2, 0) is 16.1 Å². The number of rotatable bonds is 8. The molecule has 0 aliphatic rings. The van der Waals surface area contributed by atoms with Crippen molar-refractivity contribution in [3.8, 4) is 5.75 Å². The highest BCUT2D eigenvalue weighted by Gasteiger charge is 2.17. The van der Waals surface area contributed by atoms with Crippen molar-refractivity contribution in [3.05, 3.63) is 59.7 Å². The summed E-state index contributed by atoms with van der Waals surface area (Å²) in [6.07, 6.45) is 0.228. The van der Waals surface area contributed by atoms with Crippen LogP contribution in [0.5, 0.6) is 5.75 Å². The van der Waals surface area contributed by atoms with Crippen LogP contribution in [0.1, 0.15) is 31.4 Å². The lowest BCUT2D eigenvalue weighted by Crippen LogP contribution is -2.34. The minimum absolute atomic E-state index is 0.0911. The zero-order chi connectivity index (χ0) is 18.9. The van der Waals surface area contributed by atoms with Gasteiger partial charge in [-0.25, -0.2) is 0 Å². The van der Waals surface area contributed by atoms with Crippen LogP contribution < -0.4 is 15.0 Å². The normalized spacial score (nSPS) is 10.3. The predicted octanol–water partition coefficient (Wildman–Crippen LogP) is 3.45. The first-order chi connectivity index (χ1) is 12.5. The Labute approximate surface area is 155 Å². The number of carbonyl (C=O) groups excluding carboxylic acids is 2. The van der Waals surface area contributed by atoms with Crippen LogP contribution in [0.25, 0.3) is 0 Å². The third-order valence-corrected chi connectivity index (χ3v) is 3.97. The summed E-state index contributed by atoms with van der Waals surface area (Å²) in [5.41, 5.74) is 2.91. The molecule has 2 aromatic carbocycles. The summed E-state index contributed by atoms with van der Waals surface area (Å²) in [5.74, 6) is 0.431. The van der Waals surface area contributed by atoms with Gasteiger partial charge in [0.05, 0.1) is 12.3 Å². The Balaban J connectivity index is 1.96. The van der Waals surface area contributed by atoms with E-state index in [1.165, 1.54) is 6.92 Å². The molecule has 0 saturated heterocycles. The number of para-hydroxylation sites is 2. The number of nitrogens with one attached hydrogen (secondary N) is 1. The van der Waals surface area contributed by atoms with Gasteiger partial charge in [-0.3, -0.25) is 9.59 Å². The Hall–Kier alpha value is -2.82. The van der Waals surface area contributed by atoms with Crippen LogP contribution >= 0.6 is 0 Å². The number of ether oxygens (including phenoxy) is 1. The first-order valence-electron chi connectivity index (χ1n) is 8.83. The number of hydrogen-bond donors (Lipinski definition) is 1. The summed E-state index contributed by atoms with van der Waals surface area (Å²) in [7, 11) is 0. The second kappa shape index (κ2) is 9.61. The molecule has 5 heteroatoms. The average molecular weight is 354 g/mol. The Morgan fingerprint density at radius 1 is 1.12 bits per heavy atom. The van der Waals surface area contributed by atoms with E-state index in [-0.39, 0.29) is 18.2 Å². The standard InChI is InChI=1S/C21H26N2O3/c1-4-26-20-11-6-5-10-19(20)23(17(3)24)13-12-21(25)22-15-18-9-7-8-16(2)14-18/h5-11,14H,4,12-13,15H2,1-3H3,(H,22,25). The lowest BCUT2D eigenvalue weighted by Gasteiger charge is -2.23. The number of nitrogens with zero attached hydrogens (tertiary/aromatic N) is 1. The van der Waals surface area contributed by atoms with Gasteiger partial charge in [-0.15, -0.1) is 0 Å². The maximum absolute atomic E-state index is 12.2. The van der Waals surface area contributed by atoms with E-state index < -0.39 is 0 Å². The van der Waals surface area contributed by atoms with Gasteiger partial charge in [0.2, 0.25) is 11.8 Å². The minimum atomic E-state index is -0.122. The number of anilines is 1. The SMILES string of the molecule is CCOc1ccccc1N(CCC(=O)NCc1cccc(C)c1)C(C)=O. The molecule has 0 fully saturated rings. The number of benzene rings is 2. The molecule has 26 heavy (non-hydrogen) atoms.